The van der Waals surface area contributed by atoms with Gasteiger partial charge in [-0.25, -0.2) is 0 Å². The topological polar surface area (TPSA) is 58.6 Å². The van der Waals surface area contributed by atoms with Gasteiger partial charge in [0.1, 0.15) is 5.75 Å². The fourth-order valence-corrected chi connectivity index (χ4v) is 4.05. The molecule has 2 heterocycles. The summed E-state index contributed by atoms with van der Waals surface area (Å²) in [5, 5.41) is 2.93. The molecule has 0 aromatic heterocycles. The number of benzene rings is 2. The molecule has 0 bridgehead atoms. The average molecular weight is 378 g/mol. The Morgan fingerprint density at radius 3 is 2.46 bits per heavy atom. The molecule has 2 aliphatic rings. The maximum atomic E-state index is 12.8. The molecule has 1 fully saturated rings. The highest BCUT2D eigenvalue weighted by atomic mass is 16.5. The van der Waals surface area contributed by atoms with Gasteiger partial charge < -0.3 is 15.0 Å². The molecule has 5 nitrogen and oxygen atoms in total. The lowest BCUT2D eigenvalue weighted by molar-refractivity contribution is -0.139. The van der Waals surface area contributed by atoms with E-state index in [9.17, 15) is 9.59 Å². The summed E-state index contributed by atoms with van der Waals surface area (Å²) in [6, 6.07) is 17.4. The minimum atomic E-state index is -0.384. The van der Waals surface area contributed by atoms with Crippen LogP contribution in [0.15, 0.2) is 54.6 Å². The molecular weight excluding hydrogens is 352 g/mol. The van der Waals surface area contributed by atoms with Gasteiger partial charge in [-0.2, -0.15) is 0 Å². The Kier molecular flexibility index (Phi) is 5.60. The van der Waals surface area contributed by atoms with Crippen molar-refractivity contribution in [3.8, 4) is 5.75 Å². The Morgan fingerprint density at radius 2 is 1.71 bits per heavy atom. The minimum absolute atomic E-state index is 0.0572. The molecule has 0 unspecified atom stereocenters. The predicted octanol–water partition coefficient (Wildman–Crippen LogP) is 3.65. The summed E-state index contributed by atoms with van der Waals surface area (Å²) in [6.45, 7) is 1.50. The number of fused-ring (bicyclic) bond motifs is 1. The number of nitrogens with one attached hydrogen (secondary N) is 1. The first kappa shape index (κ1) is 18.5. The van der Waals surface area contributed by atoms with Crippen molar-refractivity contribution in [3.05, 3.63) is 60.2 Å². The minimum Gasteiger partial charge on any atom is -0.480 e. The first-order valence-electron chi connectivity index (χ1n) is 10.1. The fourth-order valence-electron chi connectivity index (χ4n) is 4.05. The molecule has 28 heavy (non-hydrogen) atoms. The van der Waals surface area contributed by atoms with E-state index in [0.29, 0.717) is 18.8 Å². The smallest absolute Gasteiger partial charge is 0.263 e. The van der Waals surface area contributed by atoms with Gasteiger partial charge in [-0.3, -0.25) is 9.59 Å². The number of para-hydroxylation sites is 2. The third kappa shape index (κ3) is 4.35. The van der Waals surface area contributed by atoms with Crippen LogP contribution in [0.2, 0.25) is 0 Å². The molecule has 2 aromatic rings. The van der Waals surface area contributed by atoms with Crippen molar-refractivity contribution >= 4 is 17.5 Å². The van der Waals surface area contributed by atoms with Crippen molar-refractivity contribution in [2.24, 2.45) is 5.92 Å². The zero-order valence-electron chi connectivity index (χ0n) is 16.0. The van der Waals surface area contributed by atoms with Gasteiger partial charge in [-0.15, -0.1) is 0 Å². The molecule has 0 aliphatic carbocycles. The highest BCUT2D eigenvalue weighted by molar-refractivity contribution is 5.90. The molecule has 2 aromatic carbocycles. The van der Waals surface area contributed by atoms with Crippen LogP contribution < -0.4 is 10.1 Å². The summed E-state index contributed by atoms with van der Waals surface area (Å²) in [6.07, 6.45) is 3.56. The number of nitrogens with zero attached hydrogens (tertiary/aromatic N) is 1. The van der Waals surface area contributed by atoms with Crippen molar-refractivity contribution in [1.82, 2.24) is 4.90 Å². The van der Waals surface area contributed by atoms with Crippen LogP contribution in [-0.4, -0.2) is 35.9 Å². The van der Waals surface area contributed by atoms with Crippen LogP contribution in [0.4, 0.5) is 5.69 Å². The molecule has 146 valence electrons. The van der Waals surface area contributed by atoms with E-state index in [1.807, 2.05) is 59.5 Å². The molecule has 5 heteroatoms. The maximum absolute atomic E-state index is 12.8. The molecule has 2 aliphatic heterocycles. The molecule has 1 N–H and O–H groups in total. The van der Waals surface area contributed by atoms with Crippen LogP contribution in [0, 0.1) is 5.92 Å². The van der Waals surface area contributed by atoms with Crippen LogP contribution in [0.25, 0.3) is 0 Å². The van der Waals surface area contributed by atoms with E-state index in [1.165, 1.54) is 0 Å². The van der Waals surface area contributed by atoms with Crippen molar-refractivity contribution in [2.75, 3.05) is 18.4 Å². The number of carbonyl (C=O) groups is 2. The molecule has 2 amide bonds. The average Bonchev–Trinajstić information content (AvgIpc) is 3.17. The Morgan fingerprint density at radius 1 is 1.00 bits per heavy atom. The maximum Gasteiger partial charge on any atom is 0.263 e. The van der Waals surface area contributed by atoms with Gasteiger partial charge in [0.25, 0.3) is 5.91 Å². The zero-order valence-corrected chi connectivity index (χ0v) is 16.0. The van der Waals surface area contributed by atoms with E-state index in [4.69, 9.17) is 4.74 Å². The van der Waals surface area contributed by atoms with E-state index in [0.717, 1.165) is 49.4 Å². The first-order valence-corrected chi connectivity index (χ1v) is 10.1. The lowest BCUT2D eigenvalue weighted by Gasteiger charge is -2.33. The molecule has 0 radical (unpaired) electrons. The number of piperidine rings is 1. The van der Waals surface area contributed by atoms with Gasteiger partial charge in [0.2, 0.25) is 5.91 Å². The number of anilines is 1. The third-order valence-corrected chi connectivity index (χ3v) is 5.69. The lowest BCUT2D eigenvalue weighted by Crippen LogP contribution is -2.45. The predicted molar refractivity (Wildman–Crippen MR) is 108 cm³/mol. The van der Waals surface area contributed by atoms with E-state index < -0.39 is 0 Å². The van der Waals surface area contributed by atoms with E-state index in [-0.39, 0.29) is 17.9 Å². The number of amides is 2. The van der Waals surface area contributed by atoms with Crippen LogP contribution in [0.5, 0.6) is 5.75 Å². The van der Waals surface area contributed by atoms with Crippen LogP contribution >= 0.6 is 0 Å². The number of rotatable bonds is 5. The molecular formula is C23H26N2O3. The molecule has 1 atom stereocenters. The molecule has 4 rings (SSSR count). The van der Waals surface area contributed by atoms with E-state index >= 15 is 0 Å². The van der Waals surface area contributed by atoms with Gasteiger partial charge in [0.05, 0.1) is 0 Å². The molecule has 0 saturated carbocycles. The van der Waals surface area contributed by atoms with Crippen LogP contribution in [0.3, 0.4) is 0 Å². The summed E-state index contributed by atoms with van der Waals surface area (Å²) in [5.41, 5.74) is 1.95. The normalized spacial score (nSPS) is 19.0. The Balaban J connectivity index is 1.20. The van der Waals surface area contributed by atoms with Gasteiger partial charge >= 0.3 is 0 Å². The van der Waals surface area contributed by atoms with Gasteiger partial charge in [-0.05, 0) is 48.9 Å². The van der Waals surface area contributed by atoms with Crippen molar-refractivity contribution < 1.29 is 14.3 Å². The van der Waals surface area contributed by atoms with Crippen molar-refractivity contribution in [3.63, 3.8) is 0 Å². The summed E-state index contributed by atoms with van der Waals surface area (Å²) in [7, 11) is 0. The van der Waals surface area contributed by atoms with Crippen molar-refractivity contribution in [2.45, 2.75) is 38.2 Å². The van der Waals surface area contributed by atoms with Gasteiger partial charge in [-0.1, -0.05) is 36.4 Å². The third-order valence-electron chi connectivity index (χ3n) is 5.69. The SMILES string of the molecule is O=C(CCC1CCN(C(=O)[C@@H]2Cc3ccccc3O2)CC1)Nc1ccccc1. The number of ether oxygens (including phenoxy) is 1. The van der Waals surface area contributed by atoms with Gasteiger partial charge in [0.15, 0.2) is 6.10 Å². The fraction of sp³-hybridized carbons (Fsp3) is 0.391. The second-order valence-corrected chi connectivity index (χ2v) is 7.64. The highest BCUT2D eigenvalue weighted by Gasteiger charge is 2.33. The summed E-state index contributed by atoms with van der Waals surface area (Å²) >= 11 is 0. The zero-order chi connectivity index (χ0) is 19.3. The molecule has 0 spiro atoms. The summed E-state index contributed by atoms with van der Waals surface area (Å²) < 4.78 is 5.84. The van der Waals surface area contributed by atoms with Crippen LogP contribution in [0.1, 0.15) is 31.2 Å². The number of hydrogen-bond donors (Lipinski definition) is 1. The number of carbonyl (C=O) groups excluding carboxylic acids is 2. The number of hydrogen-bond acceptors (Lipinski definition) is 3. The summed E-state index contributed by atoms with van der Waals surface area (Å²) in [5.74, 6) is 1.48. The lowest BCUT2D eigenvalue weighted by atomic mass is 9.91. The Labute approximate surface area is 165 Å². The second kappa shape index (κ2) is 8.46. The van der Waals surface area contributed by atoms with Crippen molar-refractivity contribution in [1.29, 1.82) is 0 Å². The van der Waals surface area contributed by atoms with Gasteiger partial charge in [0, 0.05) is 31.6 Å². The first-order chi connectivity index (χ1) is 13.7. The Hall–Kier alpha value is -2.82. The Bertz CT molecular complexity index is 804. The van der Waals surface area contributed by atoms with Crippen LogP contribution in [-0.2, 0) is 16.0 Å². The van der Waals surface area contributed by atoms with E-state index in [2.05, 4.69) is 5.32 Å². The van der Waals surface area contributed by atoms with E-state index in [1.54, 1.807) is 0 Å². The summed E-state index contributed by atoms with van der Waals surface area (Å²) in [4.78, 5) is 26.8. The monoisotopic (exact) mass is 378 g/mol. The quantitative estimate of drug-likeness (QED) is 0.864. The largest absolute Gasteiger partial charge is 0.480 e. The highest BCUT2D eigenvalue weighted by Crippen LogP contribution is 2.30. The molecule has 1 saturated heterocycles. The standard InChI is InChI=1S/C23H26N2O3/c26-22(24-19-7-2-1-3-8-19)11-10-17-12-14-25(15-13-17)23(27)21-16-18-6-4-5-9-20(18)28-21/h1-9,17,21H,10-16H2,(H,24,26)/t21-/m0/s1. The second-order valence-electron chi connectivity index (χ2n) is 7.64. The number of likely N-dealkylation sites (tertiary alicyclic amines) is 1.